The summed E-state index contributed by atoms with van der Waals surface area (Å²) in [6.07, 6.45) is 0. The van der Waals surface area contributed by atoms with Gasteiger partial charge in [0, 0.05) is 22.1 Å². The average molecular weight is 652 g/mol. The van der Waals surface area contributed by atoms with Gasteiger partial charge in [-0.3, -0.25) is 0 Å². The number of hydrogen-bond acceptors (Lipinski definition) is 3. The highest BCUT2D eigenvalue weighted by Gasteiger charge is 2.37. The van der Waals surface area contributed by atoms with E-state index in [2.05, 4.69) is 159 Å². The fourth-order valence-corrected chi connectivity index (χ4v) is 8.21. The summed E-state index contributed by atoms with van der Waals surface area (Å²) in [6.45, 7) is 4.61. The summed E-state index contributed by atoms with van der Waals surface area (Å²) in [6, 6.07) is 58.4. The van der Waals surface area contributed by atoms with Crippen LogP contribution in [0.5, 0.6) is 0 Å². The minimum Gasteiger partial charge on any atom is -0.208 e. The summed E-state index contributed by atoms with van der Waals surface area (Å²) in [5, 5.41) is 7.48. The second-order valence-electron chi connectivity index (χ2n) is 14.0. The van der Waals surface area contributed by atoms with Gasteiger partial charge in [-0.15, -0.1) is 0 Å². The van der Waals surface area contributed by atoms with Crippen molar-refractivity contribution in [2.45, 2.75) is 19.3 Å². The molecule has 8 aromatic carbocycles. The second kappa shape index (κ2) is 11.3. The summed E-state index contributed by atoms with van der Waals surface area (Å²) in [4.78, 5) is 15.4. The highest BCUT2D eigenvalue weighted by atomic mass is 15.0. The van der Waals surface area contributed by atoms with Crippen LogP contribution in [0, 0.1) is 0 Å². The van der Waals surface area contributed by atoms with Crippen molar-refractivity contribution in [3.63, 3.8) is 0 Å². The molecule has 9 aromatic rings. The Morgan fingerprint density at radius 2 is 0.941 bits per heavy atom. The van der Waals surface area contributed by atoms with E-state index in [4.69, 9.17) is 15.0 Å². The van der Waals surface area contributed by atoms with Crippen molar-refractivity contribution in [3.8, 4) is 56.4 Å². The molecule has 0 saturated heterocycles. The third-order valence-corrected chi connectivity index (χ3v) is 10.7. The third-order valence-electron chi connectivity index (χ3n) is 10.7. The number of benzene rings is 8. The smallest absolute Gasteiger partial charge is 0.164 e. The minimum atomic E-state index is -0.118. The Bertz CT molecular complexity index is 2820. The van der Waals surface area contributed by atoms with E-state index in [9.17, 15) is 0 Å². The van der Waals surface area contributed by atoms with Gasteiger partial charge in [0.1, 0.15) is 0 Å². The zero-order chi connectivity index (χ0) is 34.1. The van der Waals surface area contributed by atoms with Crippen molar-refractivity contribution < 1.29 is 0 Å². The van der Waals surface area contributed by atoms with Gasteiger partial charge >= 0.3 is 0 Å². The number of aromatic nitrogens is 3. The molecule has 1 aliphatic carbocycles. The highest BCUT2D eigenvalue weighted by Crippen LogP contribution is 2.51. The van der Waals surface area contributed by atoms with Gasteiger partial charge in [0.15, 0.2) is 17.5 Å². The molecular formula is C48H33N3. The van der Waals surface area contributed by atoms with Crippen molar-refractivity contribution in [2.24, 2.45) is 0 Å². The maximum atomic E-state index is 5.22. The molecule has 0 unspecified atom stereocenters. The SMILES string of the molecule is CC1(C)c2ccccc2-c2c(-c3nc(-c4ccccc4)nc(-c4ccc(-c5c6ccccc6cc6ccc7ccccc7c56)cc4)n3)cccc21. The van der Waals surface area contributed by atoms with E-state index in [1.807, 2.05) is 18.2 Å². The van der Waals surface area contributed by atoms with Crippen molar-refractivity contribution in [1.29, 1.82) is 0 Å². The molecule has 0 N–H and O–H groups in total. The molecule has 3 nitrogen and oxygen atoms in total. The predicted molar refractivity (Wildman–Crippen MR) is 212 cm³/mol. The lowest BCUT2D eigenvalue weighted by Crippen LogP contribution is -2.14. The first kappa shape index (κ1) is 29.5. The fraction of sp³-hybridized carbons (Fsp3) is 0.0625. The first-order valence-corrected chi connectivity index (χ1v) is 17.5. The Kier molecular flexibility index (Phi) is 6.53. The van der Waals surface area contributed by atoms with Crippen LogP contribution in [-0.2, 0) is 5.41 Å². The molecule has 0 saturated carbocycles. The molecule has 240 valence electrons. The minimum absolute atomic E-state index is 0.118. The fourth-order valence-electron chi connectivity index (χ4n) is 8.21. The number of fused-ring (bicyclic) bond motifs is 7. The molecule has 0 amide bonds. The molecule has 0 radical (unpaired) electrons. The van der Waals surface area contributed by atoms with Gasteiger partial charge in [-0.25, -0.2) is 15.0 Å². The van der Waals surface area contributed by atoms with Gasteiger partial charge in [-0.05, 0) is 71.8 Å². The summed E-state index contributed by atoms with van der Waals surface area (Å²) in [5.41, 5.74) is 10.3. The Morgan fingerprint density at radius 3 is 1.75 bits per heavy atom. The molecule has 51 heavy (non-hydrogen) atoms. The van der Waals surface area contributed by atoms with Crippen molar-refractivity contribution in [3.05, 3.63) is 175 Å². The van der Waals surface area contributed by atoms with Crippen LogP contribution in [-0.4, -0.2) is 15.0 Å². The first-order chi connectivity index (χ1) is 25.0. The normalized spacial score (nSPS) is 13.1. The molecular weight excluding hydrogens is 619 g/mol. The highest BCUT2D eigenvalue weighted by molar-refractivity contribution is 6.21. The van der Waals surface area contributed by atoms with Crippen LogP contribution in [0.15, 0.2) is 164 Å². The Morgan fingerprint density at radius 1 is 0.373 bits per heavy atom. The standard InChI is InChI=1S/C48H33N3/c1-48(2)40-21-11-10-19-38(40)44-39(20-12-22-41(44)48)47-50-45(32-14-4-3-5-15-32)49-46(51-47)33-26-24-31(25-27-33)42-37-18-9-7-16-34(37)29-35-28-23-30-13-6-8-17-36(30)43(35)42/h3-29H,1-2H3. The van der Waals surface area contributed by atoms with Crippen molar-refractivity contribution >= 4 is 32.3 Å². The summed E-state index contributed by atoms with van der Waals surface area (Å²) in [5.74, 6) is 2.00. The van der Waals surface area contributed by atoms with E-state index in [0.717, 1.165) is 22.3 Å². The second-order valence-corrected chi connectivity index (χ2v) is 14.0. The van der Waals surface area contributed by atoms with Gasteiger partial charge in [0.05, 0.1) is 0 Å². The van der Waals surface area contributed by atoms with Crippen LogP contribution >= 0.6 is 0 Å². The van der Waals surface area contributed by atoms with Crippen LogP contribution in [0.2, 0.25) is 0 Å². The molecule has 0 aliphatic heterocycles. The van der Waals surface area contributed by atoms with E-state index < -0.39 is 0 Å². The van der Waals surface area contributed by atoms with E-state index in [-0.39, 0.29) is 5.41 Å². The number of rotatable bonds is 4. The predicted octanol–water partition coefficient (Wildman–Crippen LogP) is 12.3. The Hall–Kier alpha value is -6.45. The van der Waals surface area contributed by atoms with Crippen molar-refractivity contribution in [1.82, 2.24) is 15.0 Å². The average Bonchev–Trinajstić information content (AvgIpc) is 3.43. The van der Waals surface area contributed by atoms with Crippen molar-refractivity contribution in [2.75, 3.05) is 0 Å². The summed E-state index contributed by atoms with van der Waals surface area (Å²) < 4.78 is 0. The molecule has 0 spiro atoms. The quantitative estimate of drug-likeness (QED) is 0.140. The number of hydrogen-bond donors (Lipinski definition) is 0. The van der Waals surface area contributed by atoms with Crippen LogP contribution in [0.25, 0.3) is 88.7 Å². The maximum Gasteiger partial charge on any atom is 0.164 e. The van der Waals surface area contributed by atoms with Crippen LogP contribution < -0.4 is 0 Å². The first-order valence-electron chi connectivity index (χ1n) is 17.5. The third kappa shape index (κ3) is 4.62. The van der Waals surface area contributed by atoms with Crippen LogP contribution in [0.3, 0.4) is 0 Å². The molecule has 3 heteroatoms. The zero-order valence-corrected chi connectivity index (χ0v) is 28.4. The van der Waals surface area contributed by atoms with E-state index >= 15 is 0 Å². The lowest BCUT2D eigenvalue weighted by Gasteiger charge is -2.21. The largest absolute Gasteiger partial charge is 0.208 e. The monoisotopic (exact) mass is 651 g/mol. The summed E-state index contributed by atoms with van der Waals surface area (Å²) in [7, 11) is 0. The van der Waals surface area contributed by atoms with E-state index in [1.165, 1.54) is 60.1 Å². The van der Waals surface area contributed by atoms with E-state index in [0.29, 0.717) is 17.5 Å². The lowest BCUT2D eigenvalue weighted by atomic mass is 9.82. The molecule has 1 aliphatic rings. The van der Waals surface area contributed by atoms with Gasteiger partial charge in [-0.1, -0.05) is 172 Å². The van der Waals surface area contributed by atoms with Gasteiger partial charge in [-0.2, -0.15) is 0 Å². The van der Waals surface area contributed by atoms with Gasteiger partial charge in [0.2, 0.25) is 0 Å². The van der Waals surface area contributed by atoms with Gasteiger partial charge in [0.25, 0.3) is 0 Å². The Labute approximate surface area is 297 Å². The van der Waals surface area contributed by atoms with E-state index in [1.54, 1.807) is 0 Å². The molecule has 1 aromatic heterocycles. The molecule has 0 bridgehead atoms. The van der Waals surface area contributed by atoms with Crippen LogP contribution in [0.4, 0.5) is 0 Å². The maximum absolute atomic E-state index is 5.22. The summed E-state index contributed by atoms with van der Waals surface area (Å²) >= 11 is 0. The van der Waals surface area contributed by atoms with Gasteiger partial charge < -0.3 is 0 Å². The zero-order valence-electron chi connectivity index (χ0n) is 28.4. The molecule has 1 heterocycles. The number of nitrogens with zero attached hydrogens (tertiary/aromatic N) is 3. The molecule has 10 rings (SSSR count). The lowest BCUT2D eigenvalue weighted by molar-refractivity contribution is 0.660. The molecule has 0 atom stereocenters. The Balaban J connectivity index is 1.17. The molecule has 0 fully saturated rings. The van der Waals surface area contributed by atoms with Crippen LogP contribution in [0.1, 0.15) is 25.0 Å². The topological polar surface area (TPSA) is 38.7 Å².